The van der Waals surface area contributed by atoms with Gasteiger partial charge < -0.3 is 19.7 Å². The molecule has 6 heteroatoms. The number of methoxy groups -OCH3 is 2. The first-order valence-corrected chi connectivity index (χ1v) is 6.04. The molecule has 1 aromatic carbocycles. The Bertz CT molecular complexity index is 617. The average molecular weight is 280 g/mol. The van der Waals surface area contributed by atoms with Crippen LogP contribution in [0.3, 0.4) is 0 Å². The molecule has 0 aliphatic heterocycles. The van der Waals surface area contributed by atoms with Gasteiger partial charge in [0, 0.05) is 5.56 Å². The predicted octanol–water partition coefficient (Wildman–Crippen LogP) is 3.15. The van der Waals surface area contributed by atoms with Gasteiger partial charge in [-0.2, -0.15) is 0 Å². The lowest BCUT2D eigenvalue weighted by Crippen LogP contribution is -2.12. The molecule has 108 valence electrons. The summed E-state index contributed by atoms with van der Waals surface area (Å²) in [5.74, 6) is 0.949. The molecule has 0 atom stereocenters. The van der Waals surface area contributed by atoms with Crippen LogP contribution in [0.25, 0.3) is 11.1 Å². The lowest BCUT2D eigenvalue weighted by molar-refractivity contribution is 0.211. The van der Waals surface area contributed by atoms with Crippen molar-refractivity contribution in [2.45, 2.75) is 19.5 Å². The first-order valence-electron chi connectivity index (χ1n) is 6.04. The van der Waals surface area contributed by atoms with E-state index in [9.17, 15) is 4.39 Å². The van der Waals surface area contributed by atoms with E-state index in [4.69, 9.17) is 19.7 Å². The molecule has 0 spiro atoms. The van der Waals surface area contributed by atoms with Gasteiger partial charge in [0.25, 0.3) is 0 Å². The third-order valence-electron chi connectivity index (χ3n) is 3.03. The van der Waals surface area contributed by atoms with Gasteiger partial charge >= 0.3 is 0 Å². The number of alkyl halides is 1. The van der Waals surface area contributed by atoms with Gasteiger partial charge in [-0.3, -0.25) is 0 Å². The van der Waals surface area contributed by atoms with Gasteiger partial charge in [0.1, 0.15) is 5.67 Å². The average Bonchev–Trinajstić information content (AvgIpc) is 2.82. The van der Waals surface area contributed by atoms with Crippen molar-refractivity contribution in [1.82, 2.24) is 5.16 Å². The number of nitrogens with zero attached hydrogens (tertiary/aromatic N) is 1. The van der Waals surface area contributed by atoms with Crippen LogP contribution in [0, 0.1) is 0 Å². The molecule has 0 saturated heterocycles. The largest absolute Gasteiger partial charge is 0.493 e. The van der Waals surface area contributed by atoms with Gasteiger partial charge in [0.05, 0.1) is 26.0 Å². The summed E-state index contributed by atoms with van der Waals surface area (Å²) >= 11 is 0. The van der Waals surface area contributed by atoms with Crippen LogP contribution < -0.4 is 15.2 Å². The van der Waals surface area contributed by atoms with Crippen LogP contribution in [0.2, 0.25) is 0 Å². The SMILES string of the molecule is COc1cc(-c2cnoc2N)cc(C(C)(C)F)c1OC. The Morgan fingerprint density at radius 3 is 2.40 bits per heavy atom. The zero-order valence-corrected chi connectivity index (χ0v) is 11.9. The monoisotopic (exact) mass is 280 g/mol. The van der Waals surface area contributed by atoms with Crippen LogP contribution in [-0.4, -0.2) is 19.4 Å². The van der Waals surface area contributed by atoms with E-state index in [2.05, 4.69) is 5.16 Å². The van der Waals surface area contributed by atoms with Gasteiger partial charge in [-0.25, -0.2) is 4.39 Å². The Morgan fingerprint density at radius 2 is 1.95 bits per heavy atom. The first-order chi connectivity index (χ1) is 9.38. The number of halogens is 1. The van der Waals surface area contributed by atoms with Crippen molar-refractivity contribution < 1.29 is 18.4 Å². The molecule has 0 radical (unpaired) electrons. The lowest BCUT2D eigenvalue weighted by Gasteiger charge is -2.21. The van der Waals surface area contributed by atoms with Gasteiger partial charge in [-0.05, 0) is 31.5 Å². The minimum atomic E-state index is -1.60. The van der Waals surface area contributed by atoms with Crippen molar-refractivity contribution in [3.63, 3.8) is 0 Å². The summed E-state index contributed by atoms with van der Waals surface area (Å²) < 4.78 is 29.8. The molecular formula is C14H17FN2O3. The smallest absolute Gasteiger partial charge is 0.229 e. The summed E-state index contributed by atoms with van der Waals surface area (Å²) in [5, 5.41) is 3.62. The third kappa shape index (κ3) is 2.41. The van der Waals surface area contributed by atoms with Crippen molar-refractivity contribution >= 4 is 5.88 Å². The van der Waals surface area contributed by atoms with Crippen LogP contribution in [-0.2, 0) is 5.67 Å². The second-order valence-corrected chi connectivity index (χ2v) is 4.84. The summed E-state index contributed by atoms with van der Waals surface area (Å²) in [6.45, 7) is 2.90. The van der Waals surface area contributed by atoms with E-state index in [1.807, 2.05) is 0 Å². The molecule has 5 nitrogen and oxygen atoms in total. The maximum absolute atomic E-state index is 14.4. The van der Waals surface area contributed by atoms with E-state index < -0.39 is 5.67 Å². The first kappa shape index (κ1) is 14.2. The van der Waals surface area contributed by atoms with E-state index in [0.717, 1.165) is 0 Å². The summed E-state index contributed by atoms with van der Waals surface area (Å²) in [6, 6.07) is 3.36. The van der Waals surface area contributed by atoms with E-state index in [0.29, 0.717) is 28.2 Å². The van der Waals surface area contributed by atoms with E-state index >= 15 is 0 Å². The number of aromatic nitrogens is 1. The number of hydrogen-bond acceptors (Lipinski definition) is 5. The molecule has 0 aliphatic rings. The van der Waals surface area contributed by atoms with Gasteiger partial charge in [-0.1, -0.05) is 5.16 Å². The zero-order valence-electron chi connectivity index (χ0n) is 11.9. The number of benzene rings is 1. The fourth-order valence-electron chi connectivity index (χ4n) is 2.03. The Morgan fingerprint density at radius 1 is 1.25 bits per heavy atom. The predicted molar refractivity (Wildman–Crippen MR) is 73.6 cm³/mol. The van der Waals surface area contributed by atoms with Crippen molar-refractivity contribution in [3.8, 4) is 22.6 Å². The Labute approximate surface area is 116 Å². The third-order valence-corrected chi connectivity index (χ3v) is 3.03. The molecular weight excluding hydrogens is 263 g/mol. The highest BCUT2D eigenvalue weighted by Gasteiger charge is 2.27. The zero-order chi connectivity index (χ0) is 14.9. The number of nitrogens with two attached hydrogens (primary N) is 1. The molecule has 0 unspecified atom stereocenters. The highest BCUT2D eigenvalue weighted by atomic mass is 19.1. The summed E-state index contributed by atoms with van der Waals surface area (Å²) in [7, 11) is 2.97. The second kappa shape index (κ2) is 5.03. The molecule has 1 aromatic heterocycles. The quantitative estimate of drug-likeness (QED) is 0.931. The summed E-state index contributed by atoms with van der Waals surface area (Å²) in [4.78, 5) is 0. The molecule has 0 aliphatic carbocycles. The van der Waals surface area contributed by atoms with E-state index in [1.54, 1.807) is 12.1 Å². The minimum absolute atomic E-state index is 0.167. The number of ether oxygens (including phenoxy) is 2. The molecule has 0 amide bonds. The number of nitrogen functional groups attached to an aromatic ring is 1. The van der Waals surface area contributed by atoms with Crippen LogP contribution in [0.1, 0.15) is 19.4 Å². The van der Waals surface area contributed by atoms with Crippen molar-refractivity contribution in [1.29, 1.82) is 0 Å². The molecule has 20 heavy (non-hydrogen) atoms. The van der Waals surface area contributed by atoms with Crippen molar-refractivity contribution in [2.75, 3.05) is 20.0 Å². The minimum Gasteiger partial charge on any atom is -0.493 e. The molecule has 2 rings (SSSR count). The van der Waals surface area contributed by atoms with Gasteiger partial charge in [0.15, 0.2) is 11.5 Å². The normalized spacial score (nSPS) is 11.4. The van der Waals surface area contributed by atoms with E-state index in [-0.39, 0.29) is 5.88 Å². The summed E-state index contributed by atoms with van der Waals surface area (Å²) in [5.41, 5.74) is 5.71. The van der Waals surface area contributed by atoms with Crippen molar-refractivity contribution in [2.24, 2.45) is 0 Å². The number of hydrogen-bond donors (Lipinski definition) is 1. The maximum Gasteiger partial charge on any atom is 0.229 e. The Balaban J connectivity index is 2.71. The molecule has 2 N–H and O–H groups in total. The van der Waals surface area contributed by atoms with E-state index in [1.165, 1.54) is 34.3 Å². The fraction of sp³-hybridized carbons (Fsp3) is 0.357. The number of anilines is 1. The fourth-order valence-corrected chi connectivity index (χ4v) is 2.03. The van der Waals surface area contributed by atoms with Gasteiger partial charge in [-0.15, -0.1) is 0 Å². The highest BCUT2D eigenvalue weighted by Crippen LogP contribution is 2.43. The molecule has 0 bridgehead atoms. The Hall–Kier alpha value is -2.24. The van der Waals surface area contributed by atoms with Crippen molar-refractivity contribution in [3.05, 3.63) is 23.9 Å². The lowest BCUT2D eigenvalue weighted by atomic mass is 9.94. The standard InChI is InChI=1S/C14H17FN2O3/c1-14(2,15)10-5-8(9-7-17-20-13(9)16)6-11(18-3)12(10)19-4/h5-7H,16H2,1-4H3. The van der Waals surface area contributed by atoms with Crippen LogP contribution >= 0.6 is 0 Å². The second-order valence-electron chi connectivity index (χ2n) is 4.84. The molecule has 0 fully saturated rings. The van der Waals surface area contributed by atoms with Crippen LogP contribution in [0.15, 0.2) is 22.9 Å². The maximum atomic E-state index is 14.4. The topological polar surface area (TPSA) is 70.5 Å². The molecule has 0 saturated carbocycles. The highest BCUT2D eigenvalue weighted by molar-refractivity contribution is 5.75. The van der Waals surface area contributed by atoms with Crippen LogP contribution in [0.5, 0.6) is 11.5 Å². The van der Waals surface area contributed by atoms with Crippen LogP contribution in [0.4, 0.5) is 10.3 Å². The van der Waals surface area contributed by atoms with Gasteiger partial charge in [0.2, 0.25) is 5.88 Å². The summed E-state index contributed by atoms with van der Waals surface area (Å²) in [6.07, 6.45) is 1.48. The molecule has 2 aromatic rings. The number of rotatable bonds is 4. The molecule has 1 heterocycles. The Kier molecular flexibility index (Phi) is 3.57.